The number of likely N-dealkylation sites (tertiary alicyclic amines) is 1. The number of amides is 3. The van der Waals surface area contributed by atoms with Gasteiger partial charge in [-0.2, -0.15) is 0 Å². The average molecular weight is 432 g/mol. The third-order valence-electron chi connectivity index (χ3n) is 6.92. The number of rotatable bonds is 3. The van der Waals surface area contributed by atoms with Crippen LogP contribution in [-0.2, 0) is 11.3 Å². The van der Waals surface area contributed by atoms with Crippen LogP contribution in [0, 0.1) is 0 Å². The van der Waals surface area contributed by atoms with Crippen molar-refractivity contribution in [1.29, 1.82) is 0 Å². The second-order valence-electron chi connectivity index (χ2n) is 9.00. The minimum absolute atomic E-state index is 0.0227. The van der Waals surface area contributed by atoms with E-state index in [9.17, 15) is 14.4 Å². The van der Waals surface area contributed by atoms with E-state index in [1.165, 1.54) is 12.8 Å². The van der Waals surface area contributed by atoms with Crippen LogP contribution in [0.5, 0.6) is 0 Å². The second kappa shape index (κ2) is 8.77. The summed E-state index contributed by atoms with van der Waals surface area (Å²) in [5.41, 5.74) is 2.88. The van der Waals surface area contributed by atoms with E-state index in [-0.39, 0.29) is 17.7 Å². The number of hydrogen-bond donors (Lipinski definition) is 0. The van der Waals surface area contributed by atoms with Gasteiger partial charge in [0.2, 0.25) is 5.91 Å². The van der Waals surface area contributed by atoms with Crippen LogP contribution in [0.3, 0.4) is 0 Å². The normalized spacial score (nSPS) is 21.1. The van der Waals surface area contributed by atoms with E-state index in [0.29, 0.717) is 36.3 Å². The molecular formula is C26H29N3O3. The third-order valence-corrected chi connectivity index (χ3v) is 6.92. The Morgan fingerprint density at radius 1 is 0.844 bits per heavy atom. The molecule has 0 spiro atoms. The van der Waals surface area contributed by atoms with E-state index in [0.717, 1.165) is 37.9 Å². The maximum absolute atomic E-state index is 13.4. The van der Waals surface area contributed by atoms with Crippen molar-refractivity contribution < 1.29 is 14.4 Å². The summed E-state index contributed by atoms with van der Waals surface area (Å²) < 4.78 is 0. The zero-order valence-corrected chi connectivity index (χ0v) is 18.3. The summed E-state index contributed by atoms with van der Waals surface area (Å²) in [5, 5.41) is 0. The number of nitrogens with zero attached hydrogens (tertiary/aromatic N) is 3. The molecule has 0 saturated carbocycles. The van der Waals surface area contributed by atoms with Gasteiger partial charge in [0.1, 0.15) is 6.04 Å². The summed E-state index contributed by atoms with van der Waals surface area (Å²) in [6, 6.07) is 14.6. The molecule has 32 heavy (non-hydrogen) atoms. The quantitative estimate of drug-likeness (QED) is 0.742. The van der Waals surface area contributed by atoms with Gasteiger partial charge in [-0.25, -0.2) is 0 Å². The van der Waals surface area contributed by atoms with Crippen molar-refractivity contribution in [3.05, 3.63) is 65.2 Å². The molecule has 2 aromatic rings. The van der Waals surface area contributed by atoms with Gasteiger partial charge in [0, 0.05) is 25.2 Å². The summed E-state index contributed by atoms with van der Waals surface area (Å²) in [5.74, 6) is 0.00435. The molecule has 3 aliphatic heterocycles. The highest BCUT2D eigenvalue weighted by Gasteiger charge is 2.41. The molecule has 1 unspecified atom stereocenters. The summed E-state index contributed by atoms with van der Waals surface area (Å²) in [6.45, 7) is 2.66. The molecule has 0 N–H and O–H groups in total. The first-order chi connectivity index (χ1) is 15.6. The summed E-state index contributed by atoms with van der Waals surface area (Å²) in [7, 11) is 0. The van der Waals surface area contributed by atoms with Crippen molar-refractivity contribution in [1.82, 2.24) is 9.80 Å². The van der Waals surface area contributed by atoms with Gasteiger partial charge in [-0.1, -0.05) is 37.1 Å². The highest BCUT2D eigenvalue weighted by Crippen LogP contribution is 2.33. The Morgan fingerprint density at radius 3 is 2.31 bits per heavy atom. The Labute approximate surface area is 188 Å². The van der Waals surface area contributed by atoms with E-state index in [2.05, 4.69) is 0 Å². The smallest absolute Gasteiger partial charge is 0.256 e. The topological polar surface area (TPSA) is 60.9 Å². The highest BCUT2D eigenvalue weighted by atomic mass is 16.2. The predicted octanol–water partition coefficient (Wildman–Crippen LogP) is 3.85. The van der Waals surface area contributed by atoms with Gasteiger partial charge in [-0.3, -0.25) is 14.4 Å². The average Bonchev–Trinajstić information content (AvgIpc) is 3.13. The fraction of sp³-hybridized carbons (Fsp3) is 0.423. The Morgan fingerprint density at radius 2 is 1.56 bits per heavy atom. The largest absolute Gasteiger partial charge is 0.339 e. The van der Waals surface area contributed by atoms with Crippen LogP contribution in [-0.4, -0.2) is 53.2 Å². The minimum atomic E-state index is -0.390. The Kier molecular flexibility index (Phi) is 5.68. The van der Waals surface area contributed by atoms with Gasteiger partial charge in [0.05, 0.1) is 17.8 Å². The first-order valence-corrected chi connectivity index (χ1v) is 11.7. The summed E-state index contributed by atoms with van der Waals surface area (Å²) in [6.07, 6.45) is 6.07. The van der Waals surface area contributed by atoms with Crippen molar-refractivity contribution in [2.45, 2.75) is 51.1 Å². The summed E-state index contributed by atoms with van der Waals surface area (Å²) >= 11 is 0. The molecule has 6 heteroatoms. The Balaban J connectivity index is 1.39. The first kappa shape index (κ1) is 20.7. The fourth-order valence-electron chi connectivity index (χ4n) is 5.16. The molecule has 0 radical (unpaired) electrons. The number of benzene rings is 2. The van der Waals surface area contributed by atoms with E-state index >= 15 is 0 Å². The molecule has 2 saturated heterocycles. The lowest BCUT2D eigenvalue weighted by Gasteiger charge is -2.26. The number of fused-ring (bicyclic) bond motifs is 2. The van der Waals surface area contributed by atoms with Crippen LogP contribution < -0.4 is 4.90 Å². The van der Waals surface area contributed by atoms with Crippen LogP contribution in [0.15, 0.2) is 48.5 Å². The third kappa shape index (κ3) is 3.78. The SMILES string of the molecule is O=C(c1ccc(CN2C(=O)C3CCCN3C(=O)c3ccccc32)cc1)N1CCCCCC1. The molecule has 5 rings (SSSR count). The zero-order chi connectivity index (χ0) is 22.1. The van der Waals surface area contributed by atoms with E-state index in [1.54, 1.807) is 9.80 Å². The maximum atomic E-state index is 13.4. The molecular weight excluding hydrogens is 402 g/mol. The standard InChI is InChI=1S/C26H29N3O3/c30-24(27-15-5-1-2-6-16-27)20-13-11-19(12-14-20)18-29-22-9-4-3-8-21(22)25(31)28-17-7-10-23(28)26(29)32/h3-4,8-9,11-14,23H,1-2,5-7,10,15-18H2. The van der Waals surface area contributed by atoms with Gasteiger partial charge in [0.15, 0.2) is 0 Å². The molecule has 2 fully saturated rings. The molecule has 6 nitrogen and oxygen atoms in total. The number of hydrogen-bond acceptors (Lipinski definition) is 3. The molecule has 0 aliphatic carbocycles. The lowest BCUT2D eigenvalue weighted by molar-refractivity contribution is -0.122. The van der Waals surface area contributed by atoms with Gasteiger partial charge < -0.3 is 14.7 Å². The molecule has 0 bridgehead atoms. The molecule has 2 aromatic carbocycles. The number of para-hydroxylation sites is 1. The lowest BCUT2D eigenvalue weighted by atomic mass is 10.1. The molecule has 3 heterocycles. The summed E-state index contributed by atoms with van der Waals surface area (Å²) in [4.78, 5) is 44.8. The molecule has 3 amide bonds. The van der Waals surface area contributed by atoms with E-state index in [1.807, 2.05) is 53.4 Å². The van der Waals surface area contributed by atoms with Gasteiger partial charge >= 0.3 is 0 Å². The highest BCUT2D eigenvalue weighted by molar-refractivity contribution is 6.11. The number of carbonyl (C=O) groups is 3. The van der Waals surface area contributed by atoms with E-state index in [4.69, 9.17) is 0 Å². The maximum Gasteiger partial charge on any atom is 0.256 e. The molecule has 3 aliphatic rings. The van der Waals surface area contributed by atoms with Crippen LogP contribution in [0.4, 0.5) is 5.69 Å². The lowest BCUT2D eigenvalue weighted by Crippen LogP contribution is -2.44. The number of carbonyl (C=O) groups excluding carboxylic acids is 3. The van der Waals surface area contributed by atoms with Gasteiger partial charge in [0.25, 0.3) is 11.8 Å². The Hall–Kier alpha value is -3.15. The molecule has 0 aromatic heterocycles. The van der Waals surface area contributed by atoms with Crippen molar-refractivity contribution in [2.75, 3.05) is 24.5 Å². The van der Waals surface area contributed by atoms with E-state index < -0.39 is 6.04 Å². The van der Waals surface area contributed by atoms with Crippen molar-refractivity contribution >= 4 is 23.4 Å². The Bertz CT molecular complexity index is 1020. The second-order valence-corrected chi connectivity index (χ2v) is 9.00. The fourth-order valence-corrected chi connectivity index (χ4v) is 5.16. The van der Waals surface area contributed by atoms with Gasteiger partial charge in [-0.05, 0) is 55.5 Å². The first-order valence-electron chi connectivity index (χ1n) is 11.7. The molecule has 166 valence electrons. The van der Waals surface area contributed by atoms with Crippen molar-refractivity contribution in [3.8, 4) is 0 Å². The van der Waals surface area contributed by atoms with Crippen molar-refractivity contribution in [3.63, 3.8) is 0 Å². The zero-order valence-electron chi connectivity index (χ0n) is 18.3. The number of anilines is 1. The molecule has 1 atom stereocenters. The van der Waals surface area contributed by atoms with Crippen LogP contribution in [0.2, 0.25) is 0 Å². The van der Waals surface area contributed by atoms with Crippen LogP contribution in [0.1, 0.15) is 64.8 Å². The van der Waals surface area contributed by atoms with Crippen LogP contribution in [0.25, 0.3) is 0 Å². The van der Waals surface area contributed by atoms with Crippen molar-refractivity contribution in [2.24, 2.45) is 0 Å². The van der Waals surface area contributed by atoms with Gasteiger partial charge in [-0.15, -0.1) is 0 Å². The minimum Gasteiger partial charge on any atom is -0.339 e. The monoisotopic (exact) mass is 431 g/mol. The van der Waals surface area contributed by atoms with Crippen LogP contribution >= 0.6 is 0 Å². The predicted molar refractivity (Wildman–Crippen MR) is 123 cm³/mol.